The first kappa shape index (κ1) is 27.1. The molecule has 2 bridgehead atoms. The van der Waals surface area contributed by atoms with Gasteiger partial charge in [0.25, 0.3) is 0 Å². The molecule has 1 aromatic rings. The van der Waals surface area contributed by atoms with E-state index in [0.717, 1.165) is 0 Å². The van der Waals surface area contributed by atoms with Gasteiger partial charge in [0.2, 0.25) is 0 Å². The van der Waals surface area contributed by atoms with Crippen LogP contribution in [0.15, 0.2) is 12.2 Å². The number of hydrogen-bond acceptors (Lipinski definition) is 7. The lowest BCUT2D eigenvalue weighted by molar-refractivity contribution is -0.132. The fourth-order valence-corrected chi connectivity index (χ4v) is 7.39. The minimum absolute atomic E-state index is 0.0359. The molecule has 8 heteroatoms. The molecular weight excluding hydrogens is 500 g/mol. The summed E-state index contributed by atoms with van der Waals surface area (Å²) in [6, 6.07) is 0. The number of carbonyl (C=O) groups is 2. The zero-order valence-corrected chi connectivity index (χ0v) is 24.3. The quantitative estimate of drug-likeness (QED) is 0.218. The molecule has 0 saturated heterocycles. The molecule has 0 spiro atoms. The lowest BCUT2D eigenvalue weighted by Gasteiger charge is -2.48. The van der Waals surface area contributed by atoms with Crippen molar-refractivity contribution in [2.75, 3.05) is 7.11 Å². The van der Waals surface area contributed by atoms with Crippen LogP contribution < -0.4 is 0 Å². The maximum absolute atomic E-state index is 14.2. The average molecular weight is 539 g/mol. The van der Waals surface area contributed by atoms with Gasteiger partial charge in [-0.15, -0.1) is 5.54 Å². The van der Waals surface area contributed by atoms with Crippen molar-refractivity contribution in [1.82, 2.24) is 0 Å². The first-order chi connectivity index (χ1) is 17.5. The Bertz CT molecular complexity index is 1320. The Kier molecular flexibility index (Phi) is 6.09. The van der Waals surface area contributed by atoms with E-state index in [1.165, 1.54) is 7.11 Å². The third-order valence-corrected chi connectivity index (χ3v) is 9.18. The lowest BCUT2D eigenvalue weighted by atomic mass is 9.59. The Hall–Kier alpha value is -2.44. The van der Waals surface area contributed by atoms with Gasteiger partial charge in [0.1, 0.15) is 30.8 Å². The minimum Gasteiger partial charge on any atom is -0.507 e. The second-order valence-corrected chi connectivity index (χ2v) is 18.2. The van der Waals surface area contributed by atoms with Gasteiger partial charge in [0, 0.05) is 36.5 Å². The van der Waals surface area contributed by atoms with E-state index in [-0.39, 0.29) is 41.4 Å². The number of rotatable bonds is 2. The van der Waals surface area contributed by atoms with E-state index >= 15 is 0 Å². The summed E-state index contributed by atoms with van der Waals surface area (Å²) >= 11 is 0. The van der Waals surface area contributed by atoms with Crippen LogP contribution in [0, 0.1) is 23.3 Å². The van der Waals surface area contributed by atoms with Crippen molar-refractivity contribution in [2.45, 2.75) is 94.9 Å². The van der Waals surface area contributed by atoms with E-state index in [1.807, 2.05) is 32.9 Å². The summed E-state index contributed by atoms with van der Waals surface area (Å²) in [5.74, 6) is -0.485. The van der Waals surface area contributed by atoms with Gasteiger partial charge in [0.05, 0.1) is 28.7 Å². The number of carbonyl (C=O) groups excluding carboxylic acids is 2. The topological polar surface area (TPSA) is 113 Å². The molecule has 5 aliphatic carbocycles. The molecule has 204 valence electrons. The van der Waals surface area contributed by atoms with Crippen LogP contribution in [-0.4, -0.2) is 59.4 Å². The van der Waals surface area contributed by atoms with Crippen molar-refractivity contribution in [1.29, 1.82) is 0 Å². The Morgan fingerprint density at radius 2 is 1.71 bits per heavy atom. The molecule has 1 aromatic carbocycles. The van der Waals surface area contributed by atoms with Gasteiger partial charge in [-0.25, -0.2) is 0 Å². The van der Waals surface area contributed by atoms with Crippen molar-refractivity contribution >= 4 is 19.6 Å². The van der Waals surface area contributed by atoms with Gasteiger partial charge < -0.3 is 24.8 Å². The van der Waals surface area contributed by atoms with Crippen LogP contribution in [0.25, 0.3) is 0 Å². The SMILES string of the molecule is CO[C@@]12C=C[C@@H](CC1)c1c(O)c3c(c(O)c12)C(=O)C1C(OC(C)(C)C)CC(O)(C#C[Si](C)(C)C)CC1C3=O. The van der Waals surface area contributed by atoms with Crippen molar-refractivity contribution in [2.24, 2.45) is 11.8 Å². The molecule has 0 aliphatic heterocycles. The Labute approximate surface area is 225 Å². The average Bonchev–Trinajstić information content (AvgIpc) is 2.82. The summed E-state index contributed by atoms with van der Waals surface area (Å²) in [6.45, 7) is 11.8. The summed E-state index contributed by atoms with van der Waals surface area (Å²) < 4.78 is 12.1. The van der Waals surface area contributed by atoms with E-state index in [2.05, 4.69) is 31.1 Å². The molecule has 0 amide bonds. The highest BCUT2D eigenvalue weighted by molar-refractivity contribution is 6.83. The summed E-state index contributed by atoms with van der Waals surface area (Å²) in [5.41, 5.74) is 0.579. The molecule has 0 heterocycles. The Morgan fingerprint density at radius 3 is 2.26 bits per heavy atom. The first-order valence-corrected chi connectivity index (χ1v) is 16.9. The molecule has 38 heavy (non-hydrogen) atoms. The van der Waals surface area contributed by atoms with Gasteiger partial charge in [0.15, 0.2) is 11.6 Å². The molecule has 3 N–H and O–H groups in total. The van der Waals surface area contributed by atoms with Crippen LogP contribution in [0.3, 0.4) is 0 Å². The molecule has 6 rings (SSSR count). The standard InChI is InChI=1S/C30H38O7Si/c1-28(2,3)37-18-15-29(35,12-13-38(5,6)7)14-17-20(18)26(33)22-21(24(17)31)25(32)19-16-8-10-30(36-4,11-9-16)23(19)27(22)34/h8,10,16-18,20,32,34-35H,9,11,14-15H2,1-7H3/t16-,17?,18?,20?,29?,30-/m0/s1. The fourth-order valence-electron chi connectivity index (χ4n) is 6.78. The molecule has 1 fully saturated rings. The maximum Gasteiger partial charge on any atom is 0.173 e. The number of aliphatic hydroxyl groups is 1. The van der Waals surface area contributed by atoms with Crippen LogP contribution >= 0.6 is 0 Å². The number of phenolic OH excluding ortho intramolecular Hbond substituents is 2. The largest absolute Gasteiger partial charge is 0.507 e. The summed E-state index contributed by atoms with van der Waals surface area (Å²) in [6.07, 6.45) is 4.31. The highest BCUT2D eigenvalue weighted by atomic mass is 28.3. The monoisotopic (exact) mass is 538 g/mol. The molecule has 5 aliphatic rings. The number of methoxy groups -OCH3 is 1. The van der Waals surface area contributed by atoms with E-state index in [1.54, 1.807) is 0 Å². The lowest BCUT2D eigenvalue weighted by Crippen LogP contribution is -2.56. The number of phenols is 2. The molecule has 7 nitrogen and oxygen atoms in total. The predicted molar refractivity (Wildman–Crippen MR) is 145 cm³/mol. The van der Waals surface area contributed by atoms with Gasteiger partial charge in [-0.1, -0.05) is 37.7 Å². The highest BCUT2D eigenvalue weighted by Crippen LogP contribution is 2.59. The molecule has 1 saturated carbocycles. The first-order valence-electron chi connectivity index (χ1n) is 13.4. The smallest absolute Gasteiger partial charge is 0.173 e. The third-order valence-electron chi connectivity index (χ3n) is 8.31. The third kappa shape index (κ3) is 4.15. The second-order valence-electron chi connectivity index (χ2n) is 13.4. The number of allylic oxidation sites excluding steroid dienone is 1. The van der Waals surface area contributed by atoms with E-state index < -0.39 is 54.4 Å². The van der Waals surface area contributed by atoms with Crippen LogP contribution in [0.2, 0.25) is 19.6 Å². The highest BCUT2D eigenvalue weighted by Gasteiger charge is 2.58. The number of aromatic hydroxyl groups is 2. The van der Waals surface area contributed by atoms with Gasteiger partial charge in [-0.3, -0.25) is 9.59 Å². The minimum atomic E-state index is -1.85. The van der Waals surface area contributed by atoms with Crippen molar-refractivity contribution in [3.63, 3.8) is 0 Å². The van der Waals surface area contributed by atoms with Crippen LogP contribution in [-0.2, 0) is 15.1 Å². The van der Waals surface area contributed by atoms with Crippen LogP contribution in [0.5, 0.6) is 11.5 Å². The summed E-state index contributed by atoms with van der Waals surface area (Å²) in [7, 11) is -0.308. The number of Topliss-reactive ketones (excluding diaryl/α,β-unsaturated/α-hetero) is 2. The van der Waals surface area contributed by atoms with Crippen molar-refractivity contribution in [3.8, 4) is 23.0 Å². The van der Waals surface area contributed by atoms with Crippen molar-refractivity contribution in [3.05, 3.63) is 34.4 Å². The maximum atomic E-state index is 14.2. The van der Waals surface area contributed by atoms with Gasteiger partial charge in [-0.2, -0.15) is 0 Å². The number of benzene rings is 1. The molecule has 6 atom stereocenters. The van der Waals surface area contributed by atoms with E-state index in [0.29, 0.717) is 24.0 Å². The molecule has 0 aromatic heterocycles. The summed E-state index contributed by atoms with van der Waals surface area (Å²) in [5, 5.41) is 34.7. The Morgan fingerprint density at radius 1 is 1.05 bits per heavy atom. The number of fused-ring (bicyclic) bond motifs is 3. The van der Waals surface area contributed by atoms with Crippen molar-refractivity contribution < 1.29 is 34.4 Å². The summed E-state index contributed by atoms with van der Waals surface area (Å²) in [4.78, 5) is 28.3. The van der Waals surface area contributed by atoms with Crippen LogP contribution in [0.4, 0.5) is 0 Å². The zero-order valence-electron chi connectivity index (χ0n) is 23.3. The normalized spacial score (nSPS) is 33.8. The number of ether oxygens (including phenoxy) is 2. The van der Waals surface area contributed by atoms with Gasteiger partial charge >= 0.3 is 0 Å². The molecular formula is C30H38O7Si. The number of hydrogen-bond donors (Lipinski definition) is 3. The molecule has 4 unspecified atom stereocenters. The molecule has 0 radical (unpaired) electrons. The van der Waals surface area contributed by atoms with Gasteiger partial charge in [-0.05, 0) is 40.0 Å². The number of ketones is 2. The predicted octanol–water partition coefficient (Wildman–Crippen LogP) is 4.59. The van der Waals surface area contributed by atoms with Crippen LogP contribution in [0.1, 0.15) is 84.2 Å². The second kappa shape index (κ2) is 8.53. The Balaban J connectivity index is 1.70. The van der Waals surface area contributed by atoms with E-state index in [4.69, 9.17) is 9.47 Å². The fraction of sp³-hybridized carbons (Fsp3) is 0.600. The van der Waals surface area contributed by atoms with E-state index in [9.17, 15) is 24.9 Å². The zero-order chi connectivity index (χ0) is 28.0.